The molecule has 1 saturated heterocycles. The highest BCUT2D eigenvalue weighted by Crippen LogP contribution is 2.32. The Labute approximate surface area is 99.9 Å². The van der Waals surface area contributed by atoms with E-state index in [0.717, 1.165) is 17.2 Å². The topological polar surface area (TPSA) is 72.0 Å². The Morgan fingerprint density at radius 3 is 3.06 bits per heavy atom. The zero-order chi connectivity index (χ0) is 11.0. The van der Waals surface area contributed by atoms with Gasteiger partial charge in [0.05, 0.1) is 17.5 Å². The molecule has 0 aliphatic carbocycles. The Kier molecular flexibility index (Phi) is 2.66. The van der Waals surface area contributed by atoms with Crippen molar-refractivity contribution in [2.24, 2.45) is 0 Å². The van der Waals surface area contributed by atoms with Crippen LogP contribution in [-0.4, -0.2) is 37.8 Å². The minimum atomic E-state index is -0.381. The maximum atomic E-state index is 9.72. The third-order valence-corrected chi connectivity index (χ3v) is 4.23. The van der Waals surface area contributed by atoms with Gasteiger partial charge in [-0.3, -0.25) is 0 Å². The molecule has 1 aliphatic rings. The van der Waals surface area contributed by atoms with E-state index in [4.69, 9.17) is 4.52 Å². The van der Waals surface area contributed by atoms with Crippen LogP contribution in [0, 0.1) is 0 Å². The predicted octanol–water partition coefficient (Wildman–Crippen LogP) is 1.38. The highest BCUT2D eigenvalue weighted by molar-refractivity contribution is 7.99. The average Bonchev–Trinajstić information content (AvgIpc) is 2.96. The van der Waals surface area contributed by atoms with Crippen LogP contribution in [0.1, 0.15) is 11.8 Å². The van der Waals surface area contributed by atoms with Crippen molar-refractivity contribution in [2.75, 3.05) is 11.5 Å². The van der Waals surface area contributed by atoms with Crippen LogP contribution < -0.4 is 0 Å². The number of thioether (sulfide) groups is 1. The highest BCUT2D eigenvalue weighted by atomic mass is 32.2. The van der Waals surface area contributed by atoms with Crippen LogP contribution in [0.15, 0.2) is 15.4 Å². The summed E-state index contributed by atoms with van der Waals surface area (Å²) in [5, 5.41) is 15.5. The van der Waals surface area contributed by atoms with E-state index in [1.165, 1.54) is 11.3 Å². The first-order valence-electron chi connectivity index (χ1n) is 4.82. The van der Waals surface area contributed by atoms with Crippen molar-refractivity contribution in [3.8, 4) is 11.5 Å². The standard InChI is InChI=1S/C9H9N3O2S2/c13-7-3-15-1-5(7)9-11-8(12-14-9)6-2-16-4-10-6/h2,4-5,7,13H,1,3H2. The lowest BCUT2D eigenvalue weighted by atomic mass is 10.1. The zero-order valence-electron chi connectivity index (χ0n) is 8.24. The van der Waals surface area contributed by atoms with Crippen molar-refractivity contribution in [1.82, 2.24) is 15.1 Å². The van der Waals surface area contributed by atoms with E-state index in [-0.39, 0.29) is 12.0 Å². The van der Waals surface area contributed by atoms with Crippen LogP contribution in [0.5, 0.6) is 0 Å². The van der Waals surface area contributed by atoms with E-state index in [0.29, 0.717) is 11.7 Å². The molecule has 1 N–H and O–H groups in total. The molecule has 1 aliphatic heterocycles. The molecule has 3 heterocycles. The third-order valence-electron chi connectivity index (χ3n) is 2.47. The lowest BCUT2D eigenvalue weighted by molar-refractivity contribution is 0.164. The van der Waals surface area contributed by atoms with Gasteiger partial charge in [-0.15, -0.1) is 11.3 Å². The minimum Gasteiger partial charge on any atom is -0.391 e. The molecule has 2 aromatic heterocycles. The normalized spacial score (nSPS) is 25.1. The van der Waals surface area contributed by atoms with Gasteiger partial charge in [-0.05, 0) is 0 Å². The molecule has 16 heavy (non-hydrogen) atoms. The number of aliphatic hydroxyl groups is 1. The van der Waals surface area contributed by atoms with Gasteiger partial charge in [-0.1, -0.05) is 5.16 Å². The van der Waals surface area contributed by atoms with Gasteiger partial charge in [-0.2, -0.15) is 16.7 Å². The molecule has 2 atom stereocenters. The van der Waals surface area contributed by atoms with E-state index in [1.807, 2.05) is 5.38 Å². The Hall–Kier alpha value is -0.920. The molecule has 3 rings (SSSR count). The Bertz CT molecular complexity index is 471. The van der Waals surface area contributed by atoms with Gasteiger partial charge in [0.25, 0.3) is 0 Å². The lowest BCUT2D eigenvalue weighted by Crippen LogP contribution is -2.15. The second-order valence-electron chi connectivity index (χ2n) is 3.54. The number of nitrogens with zero attached hydrogens (tertiary/aromatic N) is 3. The SMILES string of the molecule is OC1CSCC1c1nc(-c2cscn2)no1. The highest BCUT2D eigenvalue weighted by Gasteiger charge is 2.32. The van der Waals surface area contributed by atoms with Crippen molar-refractivity contribution in [3.05, 3.63) is 16.8 Å². The first-order valence-corrected chi connectivity index (χ1v) is 6.92. The summed E-state index contributed by atoms with van der Waals surface area (Å²) in [5.74, 6) is 2.55. The van der Waals surface area contributed by atoms with Gasteiger partial charge in [0.2, 0.25) is 11.7 Å². The molecule has 7 heteroatoms. The smallest absolute Gasteiger partial charge is 0.233 e. The molecule has 5 nitrogen and oxygen atoms in total. The van der Waals surface area contributed by atoms with Crippen LogP contribution in [0.4, 0.5) is 0 Å². The minimum absolute atomic E-state index is 0.0371. The summed E-state index contributed by atoms with van der Waals surface area (Å²) in [6.07, 6.45) is -0.381. The van der Waals surface area contributed by atoms with Crippen LogP contribution >= 0.6 is 23.1 Å². The number of hydrogen-bond acceptors (Lipinski definition) is 7. The van der Waals surface area contributed by atoms with E-state index >= 15 is 0 Å². The summed E-state index contributed by atoms with van der Waals surface area (Å²) < 4.78 is 5.17. The molecule has 0 saturated carbocycles. The van der Waals surface area contributed by atoms with Gasteiger partial charge >= 0.3 is 0 Å². The lowest BCUT2D eigenvalue weighted by Gasteiger charge is -2.06. The molecular formula is C9H9N3O2S2. The van der Waals surface area contributed by atoms with E-state index < -0.39 is 0 Å². The second-order valence-corrected chi connectivity index (χ2v) is 5.33. The van der Waals surface area contributed by atoms with Crippen LogP contribution in [0.25, 0.3) is 11.5 Å². The molecule has 84 valence electrons. The Morgan fingerprint density at radius 2 is 2.38 bits per heavy atom. The van der Waals surface area contributed by atoms with Crippen molar-refractivity contribution >= 4 is 23.1 Å². The molecule has 2 aromatic rings. The molecule has 0 amide bonds. The maximum Gasteiger partial charge on any atom is 0.233 e. The van der Waals surface area contributed by atoms with Gasteiger partial charge < -0.3 is 9.63 Å². The quantitative estimate of drug-likeness (QED) is 0.874. The molecule has 0 bridgehead atoms. The largest absolute Gasteiger partial charge is 0.391 e. The number of hydrogen-bond donors (Lipinski definition) is 1. The second kappa shape index (κ2) is 4.15. The zero-order valence-corrected chi connectivity index (χ0v) is 9.87. The fourth-order valence-corrected chi connectivity index (χ4v) is 3.35. The number of rotatable bonds is 2. The third kappa shape index (κ3) is 1.74. The maximum absolute atomic E-state index is 9.72. The summed E-state index contributed by atoms with van der Waals surface area (Å²) in [6.45, 7) is 0. The molecular weight excluding hydrogens is 246 g/mol. The molecule has 2 unspecified atom stereocenters. The van der Waals surface area contributed by atoms with Gasteiger partial charge in [0.15, 0.2) is 0 Å². The van der Waals surface area contributed by atoms with E-state index in [1.54, 1.807) is 17.3 Å². The van der Waals surface area contributed by atoms with Crippen LogP contribution in [-0.2, 0) is 0 Å². The average molecular weight is 255 g/mol. The molecule has 0 spiro atoms. The predicted molar refractivity (Wildman–Crippen MR) is 61.5 cm³/mol. The molecule has 0 radical (unpaired) electrons. The summed E-state index contributed by atoms with van der Waals surface area (Å²) in [4.78, 5) is 8.39. The van der Waals surface area contributed by atoms with Gasteiger partial charge in [0.1, 0.15) is 5.69 Å². The first kappa shape index (κ1) is 10.2. The van der Waals surface area contributed by atoms with Gasteiger partial charge in [0, 0.05) is 16.9 Å². The number of aliphatic hydroxyl groups excluding tert-OH is 1. The first-order chi connectivity index (χ1) is 7.84. The van der Waals surface area contributed by atoms with Crippen molar-refractivity contribution in [3.63, 3.8) is 0 Å². The summed E-state index contributed by atoms with van der Waals surface area (Å²) >= 11 is 3.19. The van der Waals surface area contributed by atoms with Crippen molar-refractivity contribution in [2.45, 2.75) is 12.0 Å². The van der Waals surface area contributed by atoms with E-state index in [2.05, 4.69) is 15.1 Å². The van der Waals surface area contributed by atoms with Gasteiger partial charge in [-0.25, -0.2) is 4.98 Å². The van der Waals surface area contributed by atoms with Crippen molar-refractivity contribution in [1.29, 1.82) is 0 Å². The number of aromatic nitrogens is 3. The molecule has 1 fully saturated rings. The fourth-order valence-electron chi connectivity index (χ4n) is 1.59. The summed E-state index contributed by atoms with van der Waals surface area (Å²) in [5.41, 5.74) is 2.45. The molecule has 0 aromatic carbocycles. The number of thiazole rings is 1. The Balaban J connectivity index is 1.88. The Morgan fingerprint density at radius 1 is 1.44 bits per heavy atom. The monoisotopic (exact) mass is 255 g/mol. The summed E-state index contributed by atoms with van der Waals surface area (Å²) in [6, 6.07) is 0. The summed E-state index contributed by atoms with van der Waals surface area (Å²) in [7, 11) is 0. The van der Waals surface area contributed by atoms with E-state index in [9.17, 15) is 5.11 Å². The van der Waals surface area contributed by atoms with Crippen LogP contribution in [0.3, 0.4) is 0 Å². The fraction of sp³-hybridized carbons (Fsp3) is 0.444. The van der Waals surface area contributed by atoms with Crippen molar-refractivity contribution < 1.29 is 9.63 Å². The van der Waals surface area contributed by atoms with Crippen LogP contribution in [0.2, 0.25) is 0 Å².